The summed E-state index contributed by atoms with van der Waals surface area (Å²) in [5, 5.41) is 5.41. The number of hydrogen-bond acceptors (Lipinski definition) is 3. The molecule has 5 nitrogen and oxygen atoms in total. The van der Waals surface area contributed by atoms with Crippen LogP contribution in [0, 0.1) is 5.82 Å². The van der Waals surface area contributed by atoms with Crippen molar-refractivity contribution in [1.82, 2.24) is 5.32 Å². The van der Waals surface area contributed by atoms with E-state index in [0.29, 0.717) is 21.7 Å². The fraction of sp³-hybridized carbons (Fsp3) is 0.188. The minimum atomic E-state index is -0.387. The third kappa shape index (κ3) is 4.59. The van der Waals surface area contributed by atoms with Crippen molar-refractivity contribution < 1.29 is 18.7 Å². The van der Waals surface area contributed by atoms with Gasteiger partial charge in [0.2, 0.25) is 0 Å². The molecule has 0 aromatic heterocycles. The fourth-order valence-corrected chi connectivity index (χ4v) is 2.32. The van der Waals surface area contributed by atoms with E-state index in [1.54, 1.807) is 24.3 Å². The van der Waals surface area contributed by atoms with Gasteiger partial charge < -0.3 is 20.1 Å². The Kier molecular flexibility index (Phi) is 5.81. The number of anilines is 1. The molecule has 0 aliphatic rings. The first kappa shape index (κ1) is 17.1. The van der Waals surface area contributed by atoms with E-state index in [4.69, 9.17) is 9.47 Å². The molecule has 0 saturated carbocycles. The summed E-state index contributed by atoms with van der Waals surface area (Å²) < 4.78 is 23.9. The Morgan fingerprint density at radius 1 is 1.13 bits per heavy atom. The SMILES string of the molecule is COc1cc(Br)c(NC(=O)NCc2ccc(F)cc2)cc1OC. The van der Waals surface area contributed by atoms with Crippen molar-refractivity contribution in [3.8, 4) is 11.5 Å². The molecule has 0 heterocycles. The number of nitrogens with one attached hydrogen (secondary N) is 2. The number of halogens is 2. The van der Waals surface area contributed by atoms with E-state index in [0.717, 1.165) is 5.56 Å². The lowest BCUT2D eigenvalue weighted by Crippen LogP contribution is -2.28. The molecule has 2 aromatic rings. The molecule has 2 aromatic carbocycles. The van der Waals surface area contributed by atoms with Crippen LogP contribution in [0.2, 0.25) is 0 Å². The molecule has 0 saturated heterocycles. The molecule has 2 rings (SSSR count). The van der Waals surface area contributed by atoms with Gasteiger partial charge in [-0.25, -0.2) is 9.18 Å². The summed E-state index contributed by atoms with van der Waals surface area (Å²) in [6, 6.07) is 8.89. The molecule has 0 bridgehead atoms. The summed E-state index contributed by atoms with van der Waals surface area (Å²) in [7, 11) is 3.05. The van der Waals surface area contributed by atoms with Gasteiger partial charge >= 0.3 is 6.03 Å². The number of carbonyl (C=O) groups excluding carboxylic acids is 1. The van der Waals surface area contributed by atoms with Gasteiger partial charge in [0.25, 0.3) is 0 Å². The highest BCUT2D eigenvalue weighted by atomic mass is 79.9. The zero-order chi connectivity index (χ0) is 16.8. The smallest absolute Gasteiger partial charge is 0.319 e. The number of ether oxygens (including phenoxy) is 2. The van der Waals surface area contributed by atoms with Crippen molar-refractivity contribution >= 4 is 27.6 Å². The summed E-state index contributed by atoms with van der Waals surface area (Å²) in [6.07, 6.45) is 0. The number of hydrogen-bond donors (Lipinski definition) is 2. The number of carbonyl (C=O) groups is 1. The molecule has 0 fully saturated rings. The van der Waals surface area contributed by atoms with Gasteiger partial charge in [-0.15, -0.1) is 0 Å². The van der Waals surface area contributed by atoms with Crippen molar-refractivity contribution in [3.05, 3.63) is 52.3 Å². The van der Waals surface area contributed by atoms with Crippen LogP contribution in [0.3, 0.4) is 0 Å². The second kappa shape index (κ2) is 7.82. The molecule has 122 valence electrons. The molecule has 0 spiro atoms. The minimum absolute atomic E-state index is 0.289. The number of urea groups is 1. The highest BCUT2D eigenvalue weighted by Crippen LogP contribution is 2.36. The van der Waals surface area contributed by atoms with E-state index in [2.05, 4.69) is 26.6 Å². The van der Waals surface area contributed by atoms with Crippen LogP contribution in [-0.2, 0) is 6.54 Å². The van der Waals surface area contributed by atoms with Crippen LogP contribution in [0.15, 0.2) is 40.9 Å². The first-order valence-electron chi connectivity index (χ1n) is 6.74. The maximum atomic E-state index is 12.8. The zero-order valence-corrected chi connectivity index (χ0v) is 14.2. The predicted octanol–water partition coefficient (Wildman–Crippen LogP) is 3.93. The van der Waals surface area contributed by atoms with Gasteiger partial charge in [-0.3, -0.25) is 0 Å². The van der Waals surface area contributed by atoms with Gasteiger partial charge in [-0.1, -0.05) is 12.1 Å². The topological polar surface area (TPSA) is 59.6 Å². The van der Waals surface area contributed by atoms with E-state index in [9.17, 15) is 9.18 Å². The van der Waals surface area contributed by atoms with Gasteiger partial charge in [-0.2, -0.15) is 0 Å². The third-order valence-electron chi connectivity index (χ3n) is 3.09. The fourth-order valence-electron chi connectivity index (χ4n) is 1.90. The Hall–Kier alpha value is -2.28. The van der Waals surface area contributed by atoms with E-state index in [-0.39, 0.29) is 18.4 Å². The van der Waals surface area contributed by atoms with E-state index >= 15 is 0 Å². The minimum Gasteiger partial charge on any atom is -0.493 e. The van der Waals surface area contributed by atoms with Crippen molar-refractivity contribution in [3.63, 3.8) is 0 Å². The molecule has 2 N–H and O–H groups in total. The van der Waals surface area contributed by atoms with E-state index in [1.807, 2.05) is 0 Å². The second-order valence-corrected chi connectivity index (χ2v) is 5.48. The molecule has 0 aliphatic heterocycles. The number of methoxy groups -OCH3 is 2. The molecule has 2 amide bonds. The average molecular weight is 383 g/mol. The van der Waals surface area contributed by atoms with Crippen molar-refractivity contribution in [2.45, 2.75) is 6.54 Å². The molecule has 0 aliphatic carbocycles. The zero-order valence-electron chi connectivity index (χ0n) is 12.7. The number of benzene rings is 2. The standard InChI is InChI=1S/C16H16BrFN2O3/c1-22-14-7-12(17)13(8-15(14)23-2)20-16(21)19-9-10-3-5-11(18)6-4-10/h3-8H,9H2,1-2H3,(H2,19,20,21). The summed E-state index contributed by atoms with van der Waals surface area (Å²) in [6.45, 7) is 0.289. The van der Waals surface area contributed by atoms with Crippen molar-refractivity contribution in [1.29, 1.82) is 0 Å². The van der Waals surface area contributed by atoms with Crippen molar-refractivity contribution in [2.75, 3.05) is 19.5 Å². The van der Waals surface area contributed by atoms with Crippen molar-refractivity contribution in [2.24, 2.45) is 0 Å². The highest BCUT2D eigenvalue weighted by molar-refractivity contribution is 9.10. The van der Waals surface area contributed by atoms with Crippen LogP contribution >= 0.6 is 15.9 Å². The van der Waals surface area contributed by atoms with Gasteiger partial charge in [0.15, 0.2) is 11.5 Å². The molecule has 0 radical (unpaired) electrons. The van der Waals surface area contributed by atoms with Crippen LogP contribution in [0.25, 0.3) is 0 Å². The van der Waals surface area contributed by atoms with Crippen LogP contribution in [0.5, 0.6) is 11.5 Å². The van der Waals surface area contributed by atoms with Gasteiger partial charge in [0, 0.05) is 23.2 Å². The van der Waals surface area contributed by atoms with Gasteiger partial charge in [-0.05, 0) is 33.6 Å². The maximum Gasteiger partial charge on any atom is 0.319 e. The molecule has 0 unspecified atom stereocenters. The first-order chi connectivity index (χ1) is 11.0. The van der Waals surface area contributed by atoms with Crippen LogP contribution < -0.4 is 20.1 Å². The number of amides is 2. The molecule has 23 heavy (non-hydrogen) atoms. The third-order valence-corrected chi connectivity index (χ3v) is 3.74. The molecule has 7 heteroatoms. The maximum absolute atomic E-state index is 12.8. The van der Waals surface area contributed by atoms with Crippen LogP contribution in [0.4, 0.5) is 14.9 Å². The van der Waals surface area contributed by atoms with Crippen LogP contribution in [0.1, 0.15) is 5.56 Å². The quantitative estimate of drug-likeness (QED) is 0.823. The largest absolute Gasteiger partial charge is 0.493 e. The lowest BCUT2D eigenvalue weighted by molar-refractivity contribution is 0.251. The molecule has 0 atom stereocenters. The normalized spacial score (nSPS) is 10.1. The van der Waals surface area contributed by atoms with Gasteiger partial charge in [0.05, 0.1) is 19.9 Å². The Labute approximate surface area is 141 Å². The summed E-state index contributed by atoms with van der Waals surface area (Å²) >= 11 is 3.36. The molecular formula is C16H16BrFN2O3. The Morgan fingerprint density at radius 3 is 2.35 bits per heavy atom. The molecular weight excluding hydrogens is 367 g/mol. The highest BCUT2D eigenvalue weighted by Gasteiger charge is 2.11. The second-order valence-electron chi connectivity index (χ2n) is 4.62. The Balaban J connectivity index is 2.01. The Morgan fingerprint density at radius 2 is 1.74 bits per heavy atom. The van der Waals surface area contributed by atoms with E-state index < -0.39 is 0 Å². The number of rotatable bonds is 5. The van der Waals surface area contributed by atoms with Gasteiger partial charge in [0.1, 0.15) is 5.82 Å². The van der Waals surface area contributed by atoms with Crippen LogP contribution in [-0.4, -0.2) is 20.3 Å². The van der Waals surface area contributed by atoms with E-state index in [1.165, 1.54) is 26.4 Å². The summed E-state index contributed by atoms with van der Waals surface area (Å²) in [5.41, 5.74) is 1.34. The first-order valence-corrected chi connectivity index (χ1v) is 7.53. The summed E-state index contributed by atoms with van der Waals surface area (Å²) in [4.78, 5) is 12.0. The monoisotopic (exact) mass is 382 g/mol. The lowest BCUT2D eigenvalue weighted by atomic mass is 10.2. The predicted molar refractivity (Wildman–Crippen MR) is 89.5 cm³/mol. The Bertz CT molecular complexity index is 692. The lowest BCUT2D eigenvalue weighted by Gasteiger charge is -2.13. The summed E-state index contributed by atoms with van der Waals surface area (Å²) in [5.74, 6) is 0.744. The average Bonchev–Trinajstić information content (AvgIpc) is 2.55.